The Morgan fingerprint density at radius 3 is 2.41 bits per heavy atom. The van der Waals surface area contributed by atoms with Crippen LogP contribution < -0.4 is 5.32 Å². The molecule has 0 aliphatic heterocycles. The van der Waals surface area contributed by atoms with Gasteiger partial charge in [0.25, 0.3) is 5.91 Å². The van der Waals surface area contributed by atoms with Gasteiger partial charge in [-0.3, -0.25) is 4.79 Å². The van der Waals surface area contributed by atoms with Gasteiger partial charge >= 0.3 is 5.97 Å². The van der Waals surface area contributed by atoms with Gasteiger partial charge in [0.1, 0.15) is 5.54 Å². The predicted octanol–water partition coefficient (Wildman–Crippen LogP) is 3.67. The fraction of sp³-hybridized carbons (Fsp3) is 0.375. The highest BCUT2D eigenvalue weighted by Crippen LogP contribution is 2.39. The van der Waals surface area contributed by atoms with Gasteiger partial charge in [-0.05, 0) is 85.3 Å². The Hall–Kier alpha value is -3.55. The molecule has 1 aliphatic carbocycles. The average Bonchev–Trinajstić information content (AvgIpc) is 3.32. The second-order valence-corrected chi connectivity index (χ2v) is 8.27. The number of tetrazole rings is 1. The molecular formula is C24H27N5O3. The number of carbonyl (C=O) groups is 2. The zero-order valence-corrected chi connectivity index (χ0v) is 18.3. The number of benzene rings is 2. The second kappa shape index (κ2) is 9.30. The number of hydrogen-bond donors (Lipinski definition) is 1. The van der Waals surface area contributed by atoms with Gasteiger partial charge in [-0.2, -0.15) is 4.68 Å². The topological polar surface area (TPSA) is 99.0 Å². The van der Waals surface area contributed by atoms with Crippen LogP contribution in [-0.4, -0.2) is 38.7 Å². The number of hydrogen-bond acceptors (Lipinski definition) is 6. The molecule has 1 aromatic heterocycles. The molecule has 1 amide bonds. The van der Waals surface area contributed by atoms with Crippen molar-refractivity contribution < 1.29 is 14.3 Å². The highest BCUT2D eigenvalue weighted by molar-refractivity contribution is 5.94. The van der Waals surface area contributed by atoms with Crippen molar-refractivity contribution in [3.63, 3.8) is 0 Å². The third-order valence-corrected chi connectivity index (χ3v) is 6.04. The maximum Gasteiger partial charge on any atom is 0.338 e. The maximum atomic E-state index is 13.1. The molecule has 2 aromatic carbocycles. The molecule has 1 N–H and O–H groups in total. The Morgan fingerprint density at radius 1 is 1.06 bits per heavy atom. The van der Waals surface area contributed by atoms with Gasteiger partial charge in [-0.15, -0.1) is 5.10 Å². The largest absolute Gasteiger partial charge is 0.462 e. The third-order valence-electron chi connectivity index (χ3n) is 6.04. The van der Waals surface area contributed by atoms with Gasteiger partial charge in [-0.1, -0.05) is 25.1 Å². The summed E-state index contributed by atoms with van der Waals surface area (Å²) >= 11 is 0. The van der Waals surface area contributed by atoms with E-state index in [0.717, 1.165) is 25.7 Å². The molecule has 8 nitrogen and oxygen atoms in total. The molecule has 0 unspecified atom stereocenters. The molecule has 166 valence electrons. The molecule has 4 rings (SSSR count). The van der Waals surface area contributed by atoms with Crippen molar-refractivity contribution in [1.29, 1.82) is 0 Å². The first-order valence-electron chi connectivity index (χ1n) is 11.0. The van der Waals surface area contributed by atoms with E-state index in [0.29, 0.717) is 35.2 Å². The number of ether oxygens (including phenoxy) is 1. The van der Waals surface area contributed by atoms with Crippen molar-refractivity contribution in [1.82, 2.24) is 25.5 Å². The third kappa shape index (κ3) is 4.39. The van der Waals surface area contributed by atoms with Crippen LogP contribution in [-0.2, 0) is 10.3 Å². The van der Waals surface area contributed by atoms with E-state index in [9.17, 15) is 9.59 Å². The van der Waals surface area contributed by atoms with E-state index in [1.807, 2.05) is 18.2 Å². The standard InChI is InChI=1S/C24H27N5O3/c1-3-32-22(31)19-9-11-20(12-10-19)29-23(26-27-28-29)24(15-13-17(2)14-16-24)25-21(30)18-7-5-4-6-8-18/h4-12,17H,3,13-16H2,1-2H3,(H,25,30). The Bertz CT molecular complexity index is 1070. The first-order chi connectivity index (χ1) is 15.5. The highest BCUT2D eigenvalue weighted by atomic mass is 16.5. The van der Waals surface area contributed by atoms with Crippen LogP contribution in [0.2, 0.25) is 0 Å². The van der Waals surface area contributed by atoms with E-state index >= 15 is 0 Å². The molecule has 1 saturated carbocycles. The van der Waals surface area contributed by atoms with Crippen molar-refractivity contribution in [2.45, 2.75) is 45.1 Å². The lowest BCUT2D eigenvalue weighted by Crippen LogP contribution is -2.49. The molecule has 3 aromatic rings. The molecule has 0 radical (unpaired) electrons. The minimum Gasteiger partial charge on any atom is -0.462 e. The van der Waals surface area contributed by atoms with Gasteiger partial charge in [0.2, 0.25) is 0 Å². The molecule has 0 spiro atoms. The van der Waals surface area contributed by atoms with Crippen molar-refractivity contribution in [2.24, 2.45) is 5.92 Å². The number of esters is 1. The smallest absolute Gasteiger partial charge is 0.338 e. The summed E-state index contributed by atoms with van der Waals surface area (Å²) in [4.78, 5) is 25.1. The first-order valence-corrected chi connectivity index (χ1v) is 11.0. The summed E-state index contributed by atoms with van der Waals surface area (Å²) in [5, 5.41) is 15.7. The lowest BCUT2D eigenvalue weighted by molar-refractivity contribution is 0.0526. The number of nitrogens with one attached hydrogen (secondary N) is 1. The van der Waals surface area contributed by atoms with Crippen LogP contribution in [0.4, 0.5) is 0 Å². The molecule has 1 heterocycles. The molecule has 8 heteroatoms. The predicted molar refractivity (Wildman–Crippen MR) is 118 cm³/mol. The van der Waals surface area contributed by atoms with Crippen LogP contribution in [0.5, 0.6) is 0 Å². The number of rotatable bonds is 6. The van der Waals surface area contributed by atoms with Crippen LogP contribution >= 0.6 is 0 Å². The number of amides is 1. The van der Waals surface area contributed by atoms with Crippen molar-refractivity contribution in [3.05, 3.63) is 71.5 Å². The maximum absolute atomic E-state index is 13.1. The molecule has 1 fully saturated rings. The van der Waals surface area contributed by atoms with Gasteiger partial charge in [0, 0.05) is 5.56 Å². The Labute approximate surface area is 187 Å². The molecule has 0 saturated heterocycles. The van der Waals surface area contributed by atoms with Crippen LogP contribution in [0, 0.1) is 5.92 Å². The lowest BCUT2D eigenvalue weighted by atomic mass is 9.76. The summed E-state index contributed by atoms with van der Waals surface area (Å²) in [6, 6.07) is 16.1. The minimum absolute atomic E-state index is 0.146. The quantitative estimate of drug-likeness (QED) is 0.596. The number of aromatic nitrogens is 4. The normalized spacial score (nSPS) is 20.5. The van der Waals surface area contributed by atoms with Gasteiger partial charge < -0.3 is 10.1 Å². The van der Waals surface area contributed by atoms with E-state index in [2.05, 4.69) is 27.8 Å². The van der Waals surface area contributed by atoms with Gasteiger partial charge in [0.15, 0.2) is 5.82 Å². The zero-order chi connectivity index (χ0) is 22.6. The van der Waals surface area contributed by atoms with Gasteiger partial charge in [0.05, 0.1) is 17.9 Å². The fourth-order valence-corrected chi connectivity index (χ4v) is 4.15. The van der Waals surface area contributed by atoms with Crippen LogP contribution in [0.25, 0.3) is 5.69 Å². The zero-order valence-electron chi connectivity index (χ0n) is 18.3. The van der Waals surface area contributed by atoms with Crippen molar-refractivity contribution in [2.75, 3.05) is 6.61 Å². The van der Waals surface area contributed by atoms with E-state index in [-0.39, 0.29) is 11.9 Å². The fourth-order valence-electron chi connectivity index (χ4n) is 4.15. The highest BCUT2D eigenvalue weighted by Gasteiger charge is 2.42. The van der Waals surface area contributed by atoms with Crippen LogP contribution in [0.3, 0.4) is 0 Å². The molecular weight excluding hydrogens is 406 g/mol. The van der Waals surface area contributed by atoms with Crippen LogP contribution in [0.15, 0.2) is 54.6 Å². The summed E-state index contributed by atoms with van der Waals surface area (Å²) in [5.41, 5.74) is 1.10. The number of carbonyl (C=O) groups excluding carboxylic acids is 2. The minimum atomic E-state index is -0.678. The summed E-state index contributed by atoms with van der Waals surface area (Å²) < 4.78 is 6.70. The van der Waals surface area contributed by atoms with E-state index in [1.165, 1.54) is 0 Å². The molecule has 1 aliphatic rings. The van der Waals surface area contributed by atoms with E-state index in [4.69, 9.17) is 4.74 Å². The van der Waals surface area contributed by atoms with Crippen molar-refractivity contribution >= 4 is 11.9 Å². The second-order valence-electron chi connectivity index (χ2n) is 8.27. The molecule has 32 heavy (non-hydrogen) atoms. The SMILES string of the molecule is CCOC(=O)c1ccc(-n2nnnc2C2(NC(=O)c3ccccc3)CCC(C)CC2)cc1. The Balaban J connectivity index is 1.67. The monoisotopic (exact) mass is 433 g/mol. The summed E-state index contributed by atoms with van der Waals surface area (Å²) in [7, 11) is 0. The summed E-state index contributed by atoms with van der Waals surface area (Å²) in [6.45, 7) is 4.31. The van der Waals surface area contributed by atoms with E-state index < -0.39 is 5.54 Å². The summed E-state index contributed by atoms with van der Waals surface area (Å²) in [5.74, 6) is 0.652. The Kier molecular flexibility index (Phi) is 6.30. The van der Waals surface area contributed by atoms with E-state index in [1.54, 1.807) is 48.0 Å². The molecule has 0 atom stereocenters. The summed E-state index contributed by atoms with van der Waals surface area (Å²) in [6.07, 6.45) is 3.41. The van der Waals surface area contributed by atoms with Crippen LogP contribution in [0.1, 0.15) is 66.1 Å². The van der Waals surface area contributed by atoms with Gasteiger partial charge in [-0.25, -0.2) is 4.79 Å². The number of nitrogens with zero attached hydrogens (tertiary/aromatic N) is 4. The average molecular weight is 434 g/mol. The Morgan fingerprint density at radius 2 is 1.75 bits per heavy atom. The van der Waals surface area contributed by atoms with Crippen molar-refractivity contribution in [3.8, 4) is 5.69 Å². The lowest BCUT2D eigenvalue weighted by Gasteiger charge is -2.39. The molecule has 0 bridgehead atoms. The first kappa shape index (κ1) is 21.7.